The molecule has 0 aliphatic heterocycles. The quantitative estimate of drug-likeness (QED) is 0.135. The number of rotatable bonds is 9. The summed E-state index contributed by atoms with van der Waals surface area (Å²) >= 11 is 1.94. The second-order valence-corrected chi connectivity index (χ2v) is 22.2. The molecule has 0 bridgehead atoms. The number of thiophene rings is 1. The highest BCUT2D eigenvalue weighted by Crippen LogP contribution is 2.50. The zero-order valence-electron chi connectivity index (χ0n) is 44.8. The number of allylic oxidation sites excluding steroid dienone is 8. The molecule has 15 rings (SSSR count). The molecule has 0 atom stereocenters. The van der Waals surface area contributed by atoms with Gasteiger partial charge in [-0.2, -0.15) is 0 Å². The fraction of sp³-hybridized carbons (Fsp3) is 0.0946. The zero-order valence-corrected chi connectivity index (χ0v) is 45.6. The summed E-state index contributed by atoms with van der Waals surface area (Å²) in [5, 5.41) is 4.69. The standard InChI is InChI=1S/C74H53N5S/c1-5-16-69-52(8-4)66-42-75-34-31-70(66)78(69)48-20-9-17-45(37-48)53-22-12-24-55-51(7-3)62(40-63(53)55)50(6-2)47-19-11-28-59-61-30-15-29-60(74(61)80-73(59)39-47)58-27-14-26-57-56-25-13-23-54(64(56)41-65(57)58)46-18-10-21-49(38-46)79-71-32-35-76-43-67(71)68-44-77-36-33-72(68)79/h3,5-6,9-38,42-44H,8,39-41H2,1-2,4H3/b16-5-,50-6-. The third kappa shape index (κ3) is 7.28. The molecule has 0 radical (unpaired) electrons. The van der Waals surface area contributed by atoms with Crippen molar-refractivity contribution >= 4 is 71.9 Å². The molecule has 6 heterocycles. The number of nitrogens with zero attached hydrogens (tertiary/aromatic N) is 5. The lowest BCUT2D eigenvalue weighted by Crippen LogP contribution is -2.00. The number of hydrogen-bond donors (Lipinski definition) is 0. The molecule has 0 saturated carbocycles. The van der Waals surface area contributed by atoms with E-state index in [4.69, 9.17) is 6.42 Å². The van der Waals surface area contributed by atoms with Gasteiger partial charge in [-0.15, -0.1) is 17.8 Å². The van der Waals surface area contributed by atoms with E-state index < -0.39 is 0 Å². The summed E-state index contributed by atoms with van der Waals surface area (Å²) in [7, 11) is 0. The van der Waals surface area contributed by atoms with Gasteiger partial charge in [0.15, 0.2) is 0 Å². The molecule has 6 aromatic heterocycles. The van der Waals surface area contributed by atoms with Gasteiger partial charge in [0.2, 0.25) is 0 Å². The van der Waals surface area contributed by atoms with Crippen LogP contribution in [0.25, 0.3) is 116 Å². The Balaban J connectivity index is 0.745. The monoisotopic (exact) mass is 1040 g/mol. The summed E-state index contributed by atoms with van der Waals surface area (Å²) in [5.74, 6) is 3.21. The summed E-state index contributed by atoms with van der Waals surface area (Å²) in [6, 6.07) is 51.6. The molecule has 3 aliphatic rings. The highest BCUT2D eigenvalue weighted by molar-refractivity contribution is 7.20. The lowest BCUT2D eigenvalue weighted by atomic mass is 9.90. The van der Waals surface area contributed by atoms with Gasteiger partial charge in [0.25, 0.3) is 0 Å². The van der Waals surface area contributed by atoms with Crippen LogP contribution in [0.4, 0.5) is 0 Å². The van der Waals surface area contributed by atoms with E-state index in [1.165, 1.54) is 115 Å². The molecule has 0 unspecified atom stereocenters. The highest BCUT2D eigenvalue weighted by atomic mass is 32.1. The number of fused-ring (bicyclic) bond motifs is 11. The molecule has 5 nitrogen and oxygen atoms in total. The number of aromatic nitrogens is 5. The maximum absolute atomic E-state index is 6.57. The highest BCUT2D eigenvalue weighted by Gasteiger charge is 2.30. The Morgan fingerprint density at radius 3 is 1.77 bits per heavy atom. The van der Waals surface area contributed by atoms with E-state index in [1.54, 1.807) is 0 Å². The van der Waals surface area contributed by atoms with Crippen LogP contribution in [0.15, 0.2) is 218 Å². The number of hydrogen-bond acceptors (Lipinski definition) is 4. The van der Waals surface area contributed by atoms with E-state index in [-0.39, 0.29) is 0 Å². The van der Waals surface area contributed by atoms with Crippen LogP contribution in [-0.2, 0) is 25.7 Å². The topological polar surface area (TPSA) is 48.5 Å². The molecule has 0 N–H and O–H groups in total. The third-order valence-electron chi connectivity index (χ3n) is 17.0. The Morgan fingerprint density at radius 1 is 0.588 bits per heavy atom. The van der Waals surface area contributed by atoms with Crippen molar-refractivity contribution in [3.05, 3.63) is 262 Å². The normalized spacial score (nSPS) is 13.8. The Morgan fingerprint density at radius 2 is 1.14 bits per heavy atom. The van der Waals surface area contributed by atoms with Crippen LogP contribution in [0.3, 0.4) is 0 Å². The average molecular weight is 1040 g/mol. The smallest absolute Gasteiger partial charge is 0.0572 e. The van der Waals surface area contributed by atoms with E-state index in [0.29, 0.717) is 0 Å². The van der Waals surface area contributed by atoms with E-state index in [1.807, 2.05) is 48.5 Å². The van der Waals surface area contributed by atoms with Crippen molar-refractivity contribution in [2.45, 2.75) is 46.5 Å². The van der Waals surface area contributed by atoms with Crippen LogP contribution in [0, 0.1) is 12.3 Å². The van der Waals surface area contributed by atoms with Crippen molar-refractivity contribution in [1.29, 1.82) is 0 Å². The van der Waals surface area contributed by atoms with Gasteiger partial charge in [0, 0.05) is 104 Å². The fourth-order valence-electron chi connectivity index (χ4n) is 13.6. The first kappa shape index (κ1) is 47.5. The molecule has 6 heteroatoms. The maximum atomic E-state index is 6.57. The lowest BCUT2D eigenvalue weighted by Gasteiger charge is -2.15. The molecular weight excluding hydrogens is 991 g/mol. The Labute approximate surface area is 469 Å². The van der Waals surface area contributed by atoms with Crippen molar-refractivity contribution in [3.63, 3.8) is 0 Å². The van der Waals surface area contributed by atoms with Crippen LogP contribution < -0.4 is 0 Å². The Hall–Kier alpha value is -9.67. The van der Waals surface area contributed by atoms with Crippen molar-refractivity contribution in [2.75, 3.05) is 0 Å². The summed E-state index contributed by atoms with van der Waals surface area (Å²) in [5.41, 5.74) is 29.4. The molecular formula is C74H53N5S. The van der Waals surface area contributed by atoms with E-state index >= 15 is 0 Å². The summed E-state index contributed by atoms with van der Waals surface area (Å²) in [4.78, 5) is 14.8. The van der Waals surface area contributed by atoms with Gasteiger partial charge in [0.05, 0.1) is 16.6 Å². The SMILES string of the molecule is C#CC1=C(/C(=C\C)C2=CC=Cc3c(sc4c(-c5cccc6c5Cc5c(-c7cccc(-n8c9ccncc9c9cnccc98)c7)cccc5-6)cccc34)C2)Cc2c1cccc2-c1cccc(-n2c(/C=C\C)c(CC)c3cnccc32)c1. The maximum Gasteiger partial charge on any atom is 0.0572 e. The van der Waals surface area contributed by atoms with Gasteiger partial charge in [-0.3, -0.25) is 15.0 Å². The minimum Gasteiger partial charge on any atom is -0.309 e. The average Bonchev–Trinajstić information content (AvgIpc) is 4.34. The molecule has 0 amide bonds. The summed E-state index contributed by atoms with van der Waals surface area (Å²) in [6.07, 6.45) is 35.0. The third-order valence-corrected chi connectivity index (χ3v) is 18.3. The largest absolute Gasteiger partial charge is 0.309 e. The second-order valence-electron chi connectivity index (χ2n) is 21.1. The van der Waals surface area contributed by atoms with E-state index in [2.05, 4.69) is 227 Å². The van der Waals surface area contributed by atoms with E-state index in [0.717, 1.165) is 75.5 Å². The summed E-state index contributed by atoms with van der Waals surface area (Å²) in [6.45, 7) is 6.49. The first-order valence-corrected chi connectivity index (χ1v) is 28.5. The summed E-state index contributed by atoms with van der Waals surface area (Å²) < 4.78 is 6.06. The second kappa shape index (κ2) is 19.1. The zero-order chi connectivity index (χ0) is 53.6. The molecule has 0 saturated heterocycles. The minimum atomic E-state index is 0.757. The number of pyridine rings is 3. The molecule has 12 aromatic rings. The number of terminal acetylenes is 1. The van der Waals surface area contributed by atoms with E-state index in [9.17, 15) is 0 Å². The van der Waals surface area contributed by atoms with Crippen LogP contribution >= 0.6 is 11.3 Å². The molecule has 0 fully saturated rings. The van der Waals surface area contributed by atoms with Gasteiger partial charge in [0.1, 0.15) is 0 Å². The van der Waals surface area contributed by atoms with Gasteiger partial charge < -0.3 is 9.13 Å². The van der Waals surface area contributed by atoms with Crippen LogP contribution in [0.2, 0.25) is 0 Å². The van der Waals surface area contributed by atoms with Crippen molar-refractivity contribution in [1.82, 2.24) is 24.1 Å². The van der Waals surface area contributed by atoms with Gasteiger partial charge in [-0.05, 0) is 170 Å². The lowest BCUT2D eigenvalue weighted by molar-refractivity contribution is 1.06. The Kier molecular flexibility index (Phi) is 11.3. The van der Waals surface area contributed by atoms with Gasteiger partial charge in [-0.1, -0.05) is 140 Å². The molecule has 3 aliphatic carbocycles. The first-order valence-electron chi connectivity index (χ1n) is 27.7. The van der Waals surface area contributed by atoms with Crippen LogP contribution in [-0.4, -0.2) is 24.1 Å². The molecule has 380 valence electrons. The van der Waals surface area contributed by atoms with Crippen molar-refractivity contribution in [3.8, 4) is 68.2 Å². The van der Waals surface area contributed by atoms with Crippen LogP contribution in [0.1, 0.15) is 64.7 Å². The van der Waals surface area contributed by atoms with Crippen molar-refractivity contribution in [2.24, 2.45) is 0 Å². The van der Waals surface area contributed by atoms with Gasteiger partial charge in [-0.25, -0.2) is 0 Å². The fourth-order valence-corrected chi connectivity index (χ4v) is 15.0. The van der Waals surface area contributed by atoms with Gasteiger partial charge >= 0.3 is 0 Å². The predicted molar refractivity (Wildman–Crippen MR) is 335 cm³/mol. The predicted octanol–water partition coefficient (Wildman–Crippen LogP) is 18.4. The molecule has 80 heavy (non-hydrogen) atoms. The minimum absolute atomic E-state index is 0.757. The first-order chi connectivity index (χ1) is 39.5. The van der Waals surface area contributed by atoms with Crippen molar-refractivity contribution < 1.29 is 0 Å². The number of benzene rings is 6. The van der Waals surface area contributed by atoms with Crippen LogP contribution in [0.5, 0.6) is 0 Å². The molecule has 0 spiro atoms. The number of aryl methyl sites for hydroxylation is 1. The molecule has 6 aromatic carbocycles. The Bertz CT molecular complexity index is 4770.